The molecule has 2 atom stereocenters. The van der Waals surface area contributed by atoms with Crippen LogP contribution in [0.1, 0.15) is 25.3 Å². The normalized spacial score (nSPS) is 22.5. The third kappa shape index (κ3) is 4.08. The Kier molecular flexibility index (Phi) is 5.02. The number of likely N-dealkylation sites (tertiary alicyclic amines) is 1. The zero-order valence-electron chi connectivity index (χ0n) is 12.0. The van der Waals surface area contributed by atoms with E-state index in [9.17, 15) is 9.59 Å². The molecule has 1 fully saturated rings. The number of hydrogen-bond donors (Lipinski definition) is 1. The molecule has 2 amide bonds. The van der Waals surface area contributed by atoms with E-state index in [2.05, 4.69) is 0 Å². The lowest BCUT2D eigenvalue weighted by atomic mass is 9.93. The molecule has 0 spiro atoms. The molecule has 1 aromatic rings. The lowest BCUT2D eigenvalue weighted by Gasteiger charge is -2.36. The van der Waals surface area contributed by atoms with Gasteiger partial charge < -0.3 is 10.6 Å². The first-order chi connectivity index (χ1) is 9.97. The molecule has 0 bridgehead atoms. The van der Waals surface area contributed by atoms with Crippen LogP contribution in [0.4, 0.5) is 0 Å². The molecular weight excluding hydrogens is 288 g/mol. The SMILES string of the molecule is C[C@@H]1CC[C@@H](C(N)=O)CN1C(=O)/C=C/c1cccc(Cl)c1. The third-order valence-electron chi connectivity index (χ3n) is 3.83. The number of carbonyl (C=O) groups excluding carboxylic acids is 2. The van der Waals surface area contributed by atoms with Gasteiger partial charge in [0.25, 0.3) is 0 Å². The summed E-state index contributed by atoms with van der Waals surface area (Å²) >= 11 is 5.91. The number of hydrogen-bond acceptors (Lipinski definition) is 2. The van der Waals surface area contributed by atoms with Gasteiger partial charge in [-0.15, -0.1) is 0 Å². The van der Waals surface area contributed by atoms with Crippen molar-refractivity contribution in [1.82, 2.24) is 4.90 Å². The summed E-state index contributed by atoms with van der Waals surface area (Å²) in [4.78, 5) is 25.3. The van der Waals surface area contributed by atoms with Gasteiger partial charge in [-0.1, -0.05) is 23.7 Å². The molecule has 1 aliphatic rings. The van der Waals surface area contributed by atoms with Crippen LogP contribution in [0.25, 0.3) is 6.08 Å². The highest BCUT2D eigenvalue weighted by Crippen LogP contribution is 2.22. The molecule has 1 saturated heterocycles. The van der Waals surface area contributed by atoms with Gasteiger partial charge in [0.1, 0.15) is 0 Å². The first-order valence-electron chi connectivity index (χ1n) is 7.01. The largest absolute Gasteiger partial charge is 0.369 e. The fraction of sp³-hybridized carbons (Fsp3) is 0.375. The van der Waals surface area contributed by atoms with E-state index in [1.807, 2.05) is 19.1 Å². The standard InChI is InChI=1S/C16H19ClN2O2/c1-11-5-7-13(16(18)21)10-19(11)15(20)8-6-12-3-2-4-14(17)9-12/h2-4,6,8-9,11,13H,5,7,10H2,1H3,(H2,18,21)/b8-6+/t11-,13-/m1/s1. The van der Waals surface area contributed by atoms with Crippen LogP contribution in [0.3, 0.4) is 0 Å². The van der Waals surface area contributed by atoms with E-state index in [1.165, 1.54) is 6.08 Å². The Morgan fingerprint density at radius 3 is 2.81 bits per heavy atom. The van der Waals surface area contributed by atoms with E-state index in [4.69, 9.17) is 17.3 Å². The maximum atomic E-state index is 12.3. The number of rotatable bonds is 3. The maximum Gasteiger partial charge on any atom is 0.246 e. The topological polar surface area (TPSA) is 63.4 Å². The lowest BCUT2D eigenvalue weighted by Crippen LogP contribution is -2.48. The Hall–Kier alpha value is -1.81. The fourth-order valence-corrected chi connectivity index (χ4v) is 2.72. The highest BCUT2D eigenvalue weighted by atomic mass is 35.5. The van der Waals surface area contributed by atoms with Crippen molar-refractivity contribution >= 4 is 29.5 Å². The number of halogens is 1. The van der Waals surface area contributed by atoms with Crippen molar-refractivity contribution in [3.05, 3.63) is 40.9 Å². The highest BCUT2D eigenvalue weighted by Gasteiger charge is 2.30. The van der Waals surface area contributed by atoms with Crippen molar-refractivity contribution in [2.75, 3.05) is 6.54 Å². The Balaban J connectivity index is 2.06. The first kappa shape index (κ1) is 15.6. The second kappa shape index (κ2) is 6.76. The molecule has 2 rings (SSSR count). The molecule has 0 radical (unpaired) electrons. The average Bonchev–Trinajstić information content (AvgIpc) is 2.45. The summed E-state index contributed by atoms with van der Waals surface area (Å²) in [5, 5.41) is 0.629. The van der Waals surface area contributed by atoms with E-state index in [0.29, 0.717) is 11.6 Å². The number of carbonyl (C=O) groups is 2. The van der Waals surface area contributed by atoms with Crippen molar-refractivity contribution < 1.29 is 9.59 Å². The van der Waals surface area contributed by atoms with Gasteiger partial charge >= 0.3 is 0 Å². The molecule has 1 aliphatic heterocycles. The number of nitrogens with zero attached hydrogens (tertiary/aromatic N) is 1. The van der Waals surface area contributed by atoms with Crippen LogP contribution >= 0.6 is 11.6 Å². The Bertz CT molecular complexity index is 571. The van der Waals surface area contributed by atoms with Gasteiger partial charge in [0.05, 0.1) is 5.92 Å². The summed E-state index contributed by atoms with van der Waals surface area (Å²) < 4.78 is 0. The van der Waals surface area contributed by atoms with Crippen LogP contribution in [0.15, 0.2) is 30.3 Å². The second-order valence-corrected chi connectivity index (χ2v) is 5.84. The van der Waals surface area contributed by atoms with E-state index in [0.717, 1.165) is 18.4 Å². The predicted octanol–water partition coefficient (Wildman–Crippen LogP) is 2.47. The Morgan fingerprint density at radius 2 is 2.14 bits per heavy atom. The van der Waals surface area contributed by atoms with E-state index >= 15 is 0 Å². The molecule has 1 heterocycles. The van der Waals surface area contributed by atoms with Gasteiger partial charge in [0.2, 0.25) is 11.8 Å². The van der Waals surface area contributed by atoms with Gasteiger partial charge in [-0.3, -0.25) is 9.59 Å². The number of benzene rings is 1. The molecule has 5 heteroatoms. The van der Waals surface area contributed by atoms with Crippen LogP contribution < -0.4 is 5.73 Å². The molecule has 1 aromatic carbocycles. The first-order valence-corrected chi connectivity index (χ1v) is 7.38. The van der Waals surface area contributed by atoms with Crippen molar-refractivity contribution in [3.63, 3.8) is 0 Å². The molecule has 112 valence electrons. The lowest BCUT2D eigenvalue weighted by molar-refractivity contribution is -0.133. The van der Waals surface area contributed by atoms with Crippen LogP contribution in [-0.4, -0.2) is 29.3 Å². The van der Waals surface area contributed by atoms with Crippen LogP contribution in [0, 0.1) is 5.92 Å². The summed E-state index contributed by atoms with van der Waals surface area (Å²) in [6.45, 7) is 2.39. The summed E-state index contributed by atoms with van der Waals surface area (Å²) in [6.07, 6.45) is 4.79. The summed E-state index contributed by atoms with van der Waals surface area (Å²) in [5.41, 5.74) is 6.21. The van der Waals surface area contributed by atoms with Crippen molar-refractivity contribution in [2.45, 2.75) is 25.8 Å². The Morgan fingerprint density at radius 1 is 1.38 bits per heavy atom. The van der Waals surface area contributed by atoms with Crippen molar-refractivity contribution in [3.8, 4) is 0 Å². The number of primary amides is 1. The fourth-order valence-electron chi connectivity index (χ4n) is 2.52. The van der Waals surface area contributed by atoms with Gasteiger partial charge in [0, 0.05) is 23.7 Å². The van der Waals surface area contributed by atoms with Crippen molar-refractivity contribution in [1.29, 1.82) is 0 Å². The number of amides is 2. The minimum absolute atomic E-state index is 0.103. The van der Waals surface area contributed by atoms with Gasteiger partial charge in [-0.05, 0) is 43.5 Å². The quantitative estimate of drug-likeness (QED) is 0.872. The van der Waals surface area contributed by atoms with Gasteiger partial charge in [0.15, 0.2) is 0 Å². The van der Waals surface area contributed by atoms with E-state index in [-0.39, 0.29) is 23.8 Å². The number of nitrogens with two attached hydrogens (primary N) is 1. The predicted molar refractivity (Wildman–Crippen MR) is 83.6 cm³/mol. The van der Waals surface area contributed by atoms with Crippen molar-refractivity contribution in [2.24, 2.45) is 11.7 Å². The van der Waals surface area contributed by atoms with E-state index < -0.39 is 0 Å². The maximum absolute atomic E-state index is 12.3. The molecule has 0 saturated carbocycles. The smallest absolute Gasteiger partial charge is 0.246 e. The molecule has 0 unspecified atom stereocenters. The molecule has 0 aromatic heterocycles. The molecular formula is C16H19ClN2O2. The zero-order chi connectivity index (χ0) is 15.4. The van der Waals surface area contributed by atoms with Gasteiger partial charge in [-0.2, -0.15) is 0 Å². The third-order valence-corrected chi connectivity index (χ3v) is 4.07. The molecule has 4 nitrogen and oxygen atoms in total. The average molecular weight is 307 g/mol. The minimum Gasteiger partial charge on any atom is -0.369 e. The summed E-state index contributed by atoms with van der Waals surface area (Å²) in [6, 6.07) is 7.40. The molecule has 21 heavy (non-hydrogen) atoms. The van der Waals surface area contributed by atoms with E-state index in [1.54, 1.807) is 23.1 Å². The summed E-state index contributed by atoms with van der Waals surface area (Å²) in [5.74, 6) is -0.684. The second-order valence-electron chi connectivity index (χ2n) is 5.40. The van der Waals surface area contributed by atoms with Crippen LogP contribution in [-0.2, 0) is 9.59 Å². The zero-order valence-corrected chi connectivity index (χ0v) is 12.7. The van der Waals surface area contributed by atoms with Crippen LogP contribution in [0.2, 0.25) is 5.02 Å². The summed E-state index contributed by atoms with van der Waals surface area (Å²) in [7, 11) is 0. The minimum atomic E-state index is -0.335. The highest BCUT2D eigenvalue weighted by molar-refractivity contribution is 6.30. The molecule has 0 aliphatic carbocycles. The Labute approximate surface area is 129 Å². The van der Waals surface area contributed by atoms with Gasteiger partial charge in [-0.25, -0.2) is 0 Å². The number of piperidine rings is 1. The molecule has 2 N–H and O–H groups in total. The van der Waals surface area contributed by atoms with Crippen LogP contribution in [0.5, 0.6) is 0 Å². The monoisotopic (exact) mass is 306 g/mol.